The monoisotopic (exact) mass is 466 g/mol. The number of alkyl halides is 3. The highest BCUT2D eigenvalue weighted by Gasteiger charge is 2.34. The van der Waals surface area contributed by atoms with Crippen LogP contribution in [0.1, 0.15) is 20.3 Å². The van der Waals surface area contributed by atoms with Crippen LogP contribution in [0.15, 0.2) is 4.99 Å². The fourth-order valence-electron chi connectivity index (χ4n) is 2.36. The van der Waals surface area contributed by atoms with Crippen molar-refractivity contribution in [1.82, 2.24) is 15.5 Å². The molecule has 2 N–H and O–H groups in total. The second-order valence-electron chi connectivity index (χ2n) is 5.62. The maximum atomic E-state index is 12.4. The highest BCUT2D eigenvalue weighted by molar-refractivity contribution is 14.0. The van der Waals surface area contributed by atoms with Gasteiger partial charge in [-0.2, -0.15) is 13.2 Å². The van der Waals surface area contributed by atoms with Gasteiger partial charge in [0.15, 0.2) is 5.96 Å². The van der Waals surface area contributed by atoms with Crippen LogP contribution in [0.4, 0.5) is 13.2 Å². The number of hydrogen-bond acceptors (Lipinski definition) is 4. The molecule has 1 saturated heterocycles. The van der Waals surface area contributed by atoms with Crippen LogP contribution in [0.25, 0.3) is 0 Å². The van der Waals surface area contributed by atoms with Crippen LogP contribution in [0.2, 0.25) is 0 Å². The van der Waals surface area contributed by atoms with Crippen LogP contribution in [0.3, 0.4) is 0 Å². The molecular weight excluding hydrogens is 440 g/mol. The first-order chi connectivity index (χ1) is 10.7. The molecule has 2 unspecified atom stereocenters. The summed E-state index contributed by atoms with van der Waals surface area (Å²) in [5.74, 6) is -0.218. The maximum absolute atomic E-state index is 12.4. The smallest absolute Gasteiger partial charge is 0.401 e. The number of halogens is 4. The first-order valence-corrected chi connectivity index (χ1v) is 7.67. The molecule has 0 spiro atoms. The molecule has 0 aromatic carbocycles. The van der Waals surface area contributed by atoms with Gasteiger partial charge in [-0.05, 0) is 13.3 Å². The molecular formula is C14H26F3IN4O2. The minimum Gasteiger partial charge on any atom is -0.469 e. The number of carbonyl (C=O) groups excluding carboxylic acids is 1. The number of carbonyl (C=O) groups is 1. The predicted molar refractivity (Wildman–Crippen MR) is 96.6 cm³/mol. The molecule has 0 radical (unpaired) electrons. The van der Waals surface area contributed by atoms with Gasteiger partial charge in [-0.1, -0.05) is 6.92 Å². The summed E-state index contributed by atoms with van der Waals surface area (Å²) < 4.78 is 41.8. The van der Waals surface area contributed by atoms with Crippen LogP contribution < -0.4 is 10.6 Å². The predicted octanol–water partition coefficient (Wildman–Crippen LogP) is 1.61. The van der Waals surface area contributed by atoms with Gasteiger partial charge in [-0.3, -0.25) is 14.7 Å². The van der Waals surface area contributed by atoms with E-state index in [1.807, 2.05) is 6.92 Å². The van der Waals surface area contributed by atoms with E-state index in [-0.39, 0.29) is 48.5 Å². The quantitative estimate of drug-likeness (QED) is 0.270. The van der Waals surface area contributed by atoms with Gasteiger partial charge in [-0.25, -0.2) is 0 Å². The summed E-state index contributed by atoms with van der Waals surface area (Å²) in [6.45, 7) is 4.30. The zero-order valence-electron chi connectivity index (χ0n) is 14.2. The van der Waals surface area contributed by atoms with Crippen LogP contribution >= 0.6 is 24.0 Å². The highest BCUT2D eigenvalue weighted by Crippen LogP contribution is 2.19. The van der Waals surface area contributed by atoms with E-state index in [0.29, 0.717) is 32.0 Å². The Morgan fingerprint density at radius 2 is 2.12 bits per heavy atom. The molecule has 2 atom stereocenters. The third kappa shape index (κ3) is 8.90. The normalized spacial score (nSPS) is 20.2. The molecule has 0 saturated carbocycles. The summed E-state index contributed by atoms with van der Waals surface area (Å²) >= 11 is 0. The number of guanidine groups is 1. The number of aliphatic imine (C=N–C) groups is 1. The molecule has 0 amide bonds. The molecule has 0 bridgehead atoms. The van der Waals surface area contributed by atoms with Gasteiger partial charge in [0.25, 0.3) is 0 Å². The summed E-state index contributed by atoms with van der Waals surface area (Å²) in [6, 6.07) is -0.0939. The van der Waals surface area contributed by atoms with Gasteiger partial charge in [0.1, 0.15) is 0 Å². The second-order valence-corrected chi connectivity index (χ2v) is 5.62. The van der Waals surface area contributed by atoms with Crippen LogP contribution in [0.5, 0.6) is 0 Å². The lowest BCUT2D eigenvalue weighted by Gasteiger charge is -2.20. The highest BCUT2D eigenvalue weighted by atomic mass is 127. The van der Waals surface area contributed by atoms with E-state index in [1.54, 1.807) is 6.92 Å². The Balaban J connectivity index is 0.00000529. The zero-order valence-corrected chi connectivity index (χ0v) is 16.5. The van der Waals surface area contributed by atoms with Crippen molar-refractivity contribution in [2.24, 2.45) is 10.9 Å². The number of nitrogens with one attached hydrogen (secondary N) is 2. The van der Waals surface area contributed by atoms with Crippen molar-refractivity contribution in [3.8, 4) is 0 Å². The van der Waals surface area contributed by atoms with E-state index in [9.17, 15) is 18.0 Å². The molecule has 10 heteroatoms. The lowest BCUT2D eigenvalue weighted by atomic mass is 10.2. The van der Waals surface area contributed by atoms with E-state index < -0.39 is 12.7 Å². The lowest BCUT2D eigenvalue weighted by Crippen LogP contribution is -2.45. The molecule has 24 heavy (non-hydrogen) atoms. The second kappa shape index (κ2) is 11.0. The molecule has 142 valence electrons. The van der Waals surface area contributed by atoms with Gasteiger partial charge >= 0.3 is 12.1 Å². The largest absolute Gasteiger partial charge is 0.469 e. The minimum absolute atomic E-state index is 0. The Bertz CT molecular complexity index is 421. The molecule has 0 aliphatic carbocycles. The van der Waals surface area contributed by atoms with Gasteiger partial charge in [0.2, 0.25) is 0 Å². The lowest BCUT2D eigenvalue weighted by molar-refractivity contribution is -0.144. The van der Waals surface area contributed by atoms with Crippen LogP contribution in [0, 0.1) is 5.92 Å². The number of methoxy groups -OCH3 is 1. The first-order valence-electron chi connectivity index (χ1n) is 7.67. The zero-order chi connectivity index (χ0) is 17.5. The van der Waals surface area contributed by atoms with Crippen LogP contribution in [-0.2, 0) is 9.53 Å². The van der Waals surface area contributed by atoms with Gasteiger partial charge in [0.05, 0.1) is 26.1 Å². The van der Waals surface area contributed by atoms with Crippen molar-refractivity contribution in [2.75, 3.05) is 39.8 Å². The first kappa shape index (κ1) is 23.2. The number of ether oxygens (including phenoxy) is 1. The number of esters is 1. The number of nitrogens with zero attached hydrogens (tertiary/aromatic N) is 2. The van der Waals surface area contributed by atoms with Crippen molar-refractivity contribution < 1.29 is 22.7 Å². The van der Waals surface area contributed by atoms with Gasteiger partial charge in [-0.15, -0.1) is 24.0 Å². The fraction of sp³-hybridized carbons (Fsp3) is 0.857. The number of likely N-dealkylation sites (tertiary alicyclic amines) is 1. The summed E-state index contributed by atoms with van der Waals surface area (Å²) in [5.41, 5.74) is 0. The Hall–Kier alpha value is -0.780. The molecule has 1 heterocycles. The molecule has 0 aromatic heterocycles. The molecule has 0 aromatic rings. The summed E-state index contributed by atoms with van der Waals surface area (Å²) in [6.07, 6.45) is -3.56. The number of hydrogen-bond donors (Lipinski definition) is 2. The Morgan fingerprint density at radius 3 is 2.67 bits per heavy atom. The molecule has 6 nitrogen and oxygen atoms in total. The van der Waals surface area contributed by atoms with E-state index in [2.05, 4.69) is 20.4 Å². The maximum Gasteiger partial charge on any atom is 0.401 e. The third-order valence-electron chi connectivity index (χ3n) is 3.49. The Kier molecular flexibility index (Phi) is 10.6. The van der Waals surface area contributed by atoms with E-state index >= 15 is 0 Å². The van der Waals surface area contributed by atoms with Crippen LogP contribution in [-0.4, -0.2) is 68.9 Å². The molecule has 1 rings (SSSR count). The van der Waals surface area contributed by atoms with E-state index in [1.165, 1.54) is 12.0 Å². The fourth-order valence-corrected chi connectivity index (χ4v) is 2.36. The number of rotatable bonds is 6. The molecule has 1 aliphatic heterocycles. The standard InChI is InChI=1S/C14H25F3N4O2.HI/c1-4-18-13(19-7-10(2)12(22)23-3)20-11-5-6-21(8-11)9-14(15,16)17;/h10-11H,4-9H2,1-3H3,(H2,18,19,20);1H. The SMILES string of the molecule is CCNC(=NCC(C)C(=O)OC)NC1CCN(CC(F)(F)F)C1.I. The summed E-state index contributed by atoms with van der Waals surface area (Å²) in [5, 5.41) is 6.15. The molecule has 1 fully saturated rings. The van der Waals surface area contributed by atoms with Crippen molar-refractivity contribution in [3.63, 3.8) is 0 Å². The Labute approximate surface area is 157 Å². The van der Waals surface area contributed by atoms with Gasteiger partial charge in [0, 0.05) is 25.7 Å². The topological polar surface area (TPSA) is 66.0 Å². The van der Waals surface area contributed by atoms with E-state index in [4.69, 9.17) is 0 Å². The van der Waals surface area contributed by atoms with Crippen molar-refractivity contribution >= 4 is 35.9 Å². The average molecular weight is 466 g/mol. The third-order valence-corrected chi connectivity index (χ3v) is 3.49. The Morgan fingerprint density at radius 1 is 1.46 bits per heavy atom. The summed E-state index contributed by atoms with van der Waals surface area (Å²) in [7, 11) is 1.32. The molecule has 1 aliphatic rings. The van der Waals surface area contributed by atoms with Crippen molar-refractivity contribution in [2.45, 2.75) is 32.5 Å². The minimum atomic E-state index is -4.18. The van der Waals surface area contributed by atoms with Crippen molar-refractivity contribution in [3.05, 3.63) is 0 Å². The van der Waals surface area contributed by atoms with Gasteiger partial charge < -0.3 is 15.4 Å². The summed E-state index contributed by atoms with van der Waals surface area (Å²) in [4.78, 5) is 17.0. The van der Waals surface area contributed by atoms with E-state index in [0.717, 1.165) is 0 Å². The van der Waals surface area contributed by atoms with Crippen molar-refractivity contribution in [1.29, 1.82) is 0 Å². The average Bonchev–Trinajstić information content (AvgIpc) is 2.88.